The lowest BCUT2D eigenvalue weighted by Gasteiger charge is -2.13. The molecule has 130 valence electrons. The number of benzene rings is 1. The Labute approximate surface area is 151 Å². The fraction of sp³-hybridized carbons (Fsp3) is 0.316. The van der Waals surface area contributed by atoms with E-state index in [-0.39, 0.29) is 11.0 Å². The van der Waals surface area contributed by atoms with Crippen LogP contribution < -0.4 is 0 Å². The van der Waals surface area contributed by atoms with Gasteiger partial charge in [0, 0.05) is 12.6 Å². The number of hydrogen-bond donors (Lipinski definition) is 0. The molecule has 0 saturated heterocycles. The second kappa shape index (κ2) is 6.88. The number of furan rings is 1. The quantitative estimate of drug-likeness (QED) is 0.502. The van der Waals surface area contributed by atoms with Gasteiger partial charge in [-0.25, -0.2) is 0 Å². The van der Waals surface area contributed by atoms with Crippen LogP contribution in [-0.2, 0) is 7.05 Å². The fourth-order valence-corrected chi connectivity index (χ4v) is 3.58. The summed E-state index contributed by atoms with van der Waals surface area (Å²) >= 11 is 1.41. The molecule has 0 spiro atoms. The predicted molar refractivity (Wildman–Crippen MR) is 99.0 cm³/mol. The first-order chi connectivity index (χ1) is 11.9. The molecule has 3 aromatic rings. The minimum Gasteiger partial charge on any atom is -0.461 e. The number of rotatable bonds is 5. The van der Waals surface area contributed by atoms with Gasteiger partial charge in [0.2, 0.25) is 0 Å². The highest BCUT2D eigenvalue weighted by Crippen LogP contribution is 2.28. The van der Waals surface area contributed by atoms with E-state index in [0.717, 1.165) is 16.7 Å². The molecule has 1 unspecified atom stereocenters. The first-order valence-electron chi connectivity index (χ1n) is 8.10. The van der Waals surface area contributed by atoms with Crippen molar-refractivity contribution in [3.8, 4) is 11.6 Å². The molecule has 0 bridgehead atoms. The molecule has 0 saturated carbocycles. The average molecular weight is 355 g/mol. The molecule has 6 heteroatoms. The van der Waals surface area contributed by atoms with Crippen LogP contribution in [0.3, 0.4) is 0 Å². The average Bonchev–Trinajstić information content (AvgIpc) is 3.21. The maximum absolute atomic E-state index is 12.9. The molecule has 5 nitrogen and oxygen atoms in total. The summed E-state index contributed by atoms with van der Waals surface area (Å²) < 4.78 is 7.22. The Balaban J connectivity index is 1.82. The molecule has 2 heterocycles. The fourth-order valence-electron chi connectivity index (χ4n) is 2.69. The molecule has 25 heavy (non-hydrogen) atoms. The summed E-state index contributed by atoms with van der Waals surface area (Å²) in [6.07, 6.45) is 1.60. The van der Waals surface area contributed by atoms with Crippen molar-refractivity contribution >= 4 is 17.5 Å². The monoisotopic (exact) mass is 355 g/mol. The molecule has 0 aliphatic rings. The Hall–Kier alpha value is -2.34. The van der Waals surface area contributed by atoms with Gasteiger partial charge < -0.3 is 8.98 Å². The molecule has 0 N–H and O–H groups in total. The van der Waals surface area contributed by atoms with Crippen LogP contribution in [0.25, 0.3) is 11.6 Å². The van der Waals surface area contributed by atoms with Gasteiger partial charge in [0.25, 0.3) is 0 Å². The number of aromatic nitrogens is 3. The van der Waals surface area contributed by atoms with Crippen molar-refractivity contribution in [2.75, 3.05) is 0 Å². The smallest absolute Gasteiger partial charge is 0.200 e. The van der Waals surface area contributed by atoms with Crippen LogP contribution in [0.2, 0.25) is 0 Å². The normalized spacial score (nSPS) is 12.4. The highest BCUT2D eigenvalue weighted by Gasteiger charge is 2.22. The lowest BCUT2D eigenvalue weighted by molar-refractivity contribution is 0.0993. The summed E-state index contributed by atoms with van der Waals surface area (Å²) in [6, 6.07) is 7.70. The number of Topliss-reactive ketones (excluding diaryl/α,β-unsaturated/α-hetero) is 1. The molecule has 0 amide bonds. The van der Waals surface area contributed by atoms with Crippen molar-refractivity contribution in [3.05, 3.63) is 52.8 Å². The molecule has 0 aliphatic carbocycles. The van der Waals surface area contributed by atoms with E-state index in [1.807, 2.05) is 50.6 Å². The van der Waals surface area contributed by atoms with E-state index >= 15 is 0 Å². The van der Waals surface area contributed by atoms with E-state index < -0.39 is 0 Å². The van der Waals surface area contributed by atoms with Crippen molar-refractivity contribution < 1.29 is 9.21 Å². The third-order valence-corrected chi connectivity index (χ3v) is 5.47. The van der Waals surface area contributed by atoms with Crippen molar-refractivity contribution in [2.24, 2.45) is 7.05 Å². The van der Waals surface area contributed by atoms with Gasteiger partial charge in [0.15, 0.2) is 22.5 Å². The van der Waals surface area contributed by atoms with Crippen LogP contribution in [0, 0.1) is 20.8 Å². The Morgan fingerprint density at radius 2 is 1.88 bits per heavy atom. The molecule has 3 rings (SSSR count). The van der Waals surface area contributed by atoms with Crippen LogP contribution in [0.4, 0.5) is 0 Å². The van der Waals surface area contributed by atoms with Gasteiger partial charge in [0.1, 0.15) is 0 Å². The number of ketones is 1. The molecule has 1 atom stereocenters. The van der Waals surface area contributed by atoms with Crippen LogP contribution >= 0.6 is 11.8 Å². The van der Waals surface area contributed by atoms with Gasteiger partial charge in [-0.1, -0.05) is 17.8 Å². The lowest BCUT2D eigenvalue weighted by atomic mass is 9.97. The number of nitrogens with zero attached hydrogens (tertiary/aromatic N) is 3. The minimum absolute atomic E-state index is 0.105. The zero-order chi connectivity index (χ0) is 18.1. The summed E-state index contributed by atoms with van der Waals surface area (Å²) in [4.78, 5) is 12.9. The Bertz CT molecular complexity index is 913. The number of carbonyl (C=O) groups is 1. The second-order valence-corrected chi connectivity index (χ2v) is 7.53. The zero-order valence-corrected chi connectivity index (χ0v) is 15.8. The number of thioether (sulfide) groups is 1. The molecular formula is C19H21N3O2S. The van der Waals surface area contributed by atoms with Crippen molar-refractivity contribution in [1.82, 2.24) is 14.8 Å². The summed E-state index contributed by atoms with van der Waals surface area (Å²) in [5, 5.41) is 8.81. The van der Waals surface area contributed by atoms with Gasteiger partial charge in [-0.2, -0.15) is 0 Å². The number of aryl methyl sites for hydroxylation is 3. The SMILES string of the molecule is Cc1cc(C)c(C(=O)C(C)Sc2nnc(-c3ccco3)n2C)cc1C. The molecule has 0 fully saturated rings. The largest absolute Gasteiger partial charge is 0.461 e. The van der Waals surface area contributed by atoms with E-state index in [0.29, 0.717) is 16.7 Å². The minimum atomic E-state index is -0.256. The van der Waals surface area contributed by atoms with Crippen LogP contribution in [0.1, 0.15) is 34.0 Å². The zero-order valence-electron chi connectivity index (χ0n) is 15.0. The summed E-state index contributed by atoms with van der Waals surface area (Å²) in [7, 11) is 1.87. The van der Waals surface area contributed by atoms with Crippen LogP contribution in [-0.4, -0.2) is 25.8 Å². The number of carbonyl (C=O) groups excluding carboxylic acids is 1. The Morgan fingerprint density at radius 1 is 1.16 bits per heavy atom. The van der Waals surface area contributed by atoms with Gasteiger partial charge in [-0.05, 0) is 62.6 Å². The van der Waals surface area contributed by atoms with E-state index in [1.165, 1.54) is 17.3 Å². The van der Waals surface area contributed by atoms with Gasteiger partial charge in [0.05, 0.1) is 11.5 Å². The van der Waals surface area contributed by atoms with E-state index in [2.05, 4.69) is 23.2 Å². The second-order valence-electron chi connectivity index (χ2n) is 6.22. The van der Waals surface area contributed by atoms with Crippen molar-refractivity contribution in [3.63, 3.8) is 0 Å². The highest BCUT2D eigenvalue weighted by atomic mass is 32.2. The third-order valence-electron chi connectivity index (χ3n) is 4.33. The Kier molecular flexibility index (Phi) is 4.81. The Morgan fingerprint density at radius 3 is 2.56 bits per heavy atom. The van der Waals surface area contributed by atoms with E-state index in [9.17, 15) is 4.79 Å². The molecule has 0 aliphatic heterocycles. The van der Waals surface area contributed by atoms with Crippen LogP contribution in [0.5, 0.6) is 0 Å². The molecule has 1 aromatic carbocycles. The highest BCUT2D eigenvalue weighted by molar-refractivity contribution is 8.00. The molecular weight excluding hydrogens is 334 g/mol. The van der Waals surface area contributed by atoms with Crippen LogP contribution in [0.15, 0.2) is 40.1 Å². The van der Waals surface area contributed by atoms with E-state index in [1.54, 1.807) is 6.26 Å². The maximum atomic E-state index is 12.9. The van der Waals surface area contributed by atoms with Crippen molar-refractivity contribution in [1.29, 1.82) is 0 Å². The third kappa shape index (κ3) is 3.39. The van der Waals surface area contributed by atoms with Gasteiger partial charge in [-0.3, -0.25) is 4.79 Å². The molecule has 0 radical (unpaired) electrons. The topological polar surface area (TPSA) is 60.9 Å². The first-order valence-corrected chi connectivity index (χ1v) is 8.98. The lowest BCUT2D eigenvalue weighted by Crippen LogP contribution is -2.16. The summed E-state index contributed by atoms with van der Waals surface area (Å²) in [5.74, 6) is 1.41. The summed E-state index contributed by atoms with van der Waals surface area (Å²) in [5.41, 5.74) is 4.11. The standard InChI is InChI=1S/C19H21N3O2S/c1-11-9-13(3)15(10-12(11)2)17(23)14(4)25-19-21-20-18(22(19)5)16-7-6-8-24-16/h6-10,14H,1-5H3. The van der Waals surface area contributed by atoms with Gasteiger partial charge >= 0.3 is 0 Å². The van der Waals surface area contributed by atoms with E-state index in [4.69, 9.17) is 4.42 Å². The number of hydrogen-bond acceptors (Lipinski definition) is 5. The predicted octanol–water partition coefficient (Wildman–Crippen LogP) is 4.36. The first kappa shape index (κ1) is 17.5. The molecule has 2 aromatic heterocycles. The summed E-state index contributed by atoms with van der Waals surface area (Å²) in [6.45, 7) is 7.98. The van der Waals surface area contributed by atoms with Gasteiger partial charge in [-0.15, -0.1) is 10.2 Å². The van der Waals surface area contributed by atoms with Crippen molar-refractivity contribution in [2.45, 2.75) is 38.1 Å². The maximum Gasteiger partial charge on any atom is 0.200 e.